The Morgan fingerprint density at radius 1 is 1.14 bits per heavy atom. The largest absolute Gasteiger partial charge is 0.378 e. The minimum Gasteiger partial charge on any atom is -0.378 e. The molecule has 2 aromatic heterocycles. The van der Waals surface area contributed by atoms with Crippen molar-refractivity contribution in [3.8, 4) is 11.3 Å². The van der Waals surface area contributed by atoms with Gasteiger partial charge in [-0.15, -0.1) is 0 Å². The standard InChI is InChI=1S/C19H26N8O/c1-19(3-4-21-12-19)27-5-2-14-15(13-10-22-17(20)23-11-13)24-18(25-16(14)27)26-6-8-28-9-7-26/h10-11,21H,2-9,12H2,1H3,(H2,20,22,23)/t19-/m0/s1. The Balaban J connectivity index is 1.62. The van der Waals surface area contributed by atoms with E-state index in [1.54, 1.807) is 12.4 Å². The van der Waals surface area contributed by atoms with Crippen LogP contribution in [0.1, 0.15) is 18.9 Å². The zero-order valence-corrected chi connectivity index (χ0v) is 16.2. The Morgan fingerprint density at radius 2 is 1.93 bits per heavy atom. The Bertz CT molecular complexity index is 859. The number of anilines is 3. The number of nitrogens with two attached hydrogens (primary N) is 1. The quantitative estimate of drug-likeness (QED) is 0.783. The molecule has 5 rings (SSSR count). The molecule has 0 radical (unpaired) electrons. The third-order valence-corrected chi connectivity index (χ3v) is 6.05. The zero-order chi connectivity index (χ0) is 19.1. The molecule has 2 fully saturated rings. The van der Waals surface area contributed by atoms with Gasteiger partial charge < -0.3 is 25.6 Å². The van der Waals surface area contributed by atoms with Crippen molar-refractivity contribution in [2.45, 2.75) is 25.3 Å². The van der Waals surface area contributed by atoms with Crippen LogP contribution in [0.3, 0.4) is 0 Å². The molecular weight excluding hydrogens is 356 g/mol. The molecule has 0 saturated carbocycles. The van der Waals surface area contributed by atoms with Crippen molar-refractivity contribution in [2.75, 3.05) is 61.5 Å². The fourth-order valence-electron chi connectivity index (χ4n) is 4.41. The Hall–Kier alpha value is -2.52. The maximum Gasteiger partial charge on any atom is 0.228 e. The summed E-state index contributed by atoms with van der Waals surface area (Å²) in [6, 6.07) is 0. The van der Waals surface area contributed by atoms with E-state index in [1.807, 2.05) is 0 Å². The van der Waals surface area contributed by atoms with Gasteiger partial charge in [-0.2, -0.15) is 4.98 Å². The topological polar surface area (TPSA) is 105 Å². The monoisotopic (exact) mass is 382 g/mol. The SMILES string of the molecule is C[C@]1(N2CCc3c(-c4cnc(N)nc4)nc(N4CCOCC4)nc32)CCNC1. The highest BCUT2D eigenvalue weighted by Gasteiger charge is 2.40. The van der Waals surface area contributed by atoms with E-state index in [4.69, 9.17) is 20.4 Å². The molecule has 28 heavy (non-hydrogen) atoms. The van der Waals surface area contributed by atoms with Crippen molar-refractivity contribution < 1.29 is 4.74 Å². The summed E-state index contributed by atoms with van der Waals surface area (Å²) in [6.45, 7) is 8.30. The molecule has 2 saturated heterocycles. The fraction of sp³-hybridized carbons (Fsp3) is 0.579. The molecule has 9 nitrogen and oxygen atoms in total. The molecule has 2 aromatic rings. The first kappa shape index (κ1) is 17.6. The molecule has 0 aromatic carbocycles. The number of nitrogens with one attached hydrogen (secondary N) is 1. The van der Waals surface area contributed by atoms with Crippen molar-refractivity contribution in [3.63, 3.8) is 0 Å². The number of hydrogen-bond acceptors (Lipinski definition) is 9. The predicted molar refractivity (Wildman–Crippen MR) is 107 cm³/mol. The van der Waals surface area contributed by atoms with E-state index in [1.165, 1.54) is 5.56 Å². The van der Waals surface area contributed by atoms with Gasteiger partial charge in [0.15, 0.2) is 0 Å². The number of aromatic nitrogens is 4. The number of rotatable bonds is 3. The van der Waals surface area contributed by atoms with E-state index in [-0.39, 0.29) is 11.5 Å². The number of fused-ring (bicyclic) bond motifs is 1. The van der Waals surface area contributed by atoms with Crippen LogP contribution in [0.15, 0.2) is 12.4 Å². The van der Waals surface area contributed by atoms with E-state index in [0.29, 0.717) is 13.2 Å². The van der Waals surface area contributed by atoms with E-state index in [2.05, 4.69) is 32.0 Å². The van der Waals surface area contributed by atoms with E-state index in [9.17, 15) is 0 Å². The summed E-state index contributed by atoms with van der Waals surface area (Å²) in [5.74, 6) is 2.08. The average Bonchev–Trinajstić information content (AvgIpc) is 3.36. The highest BCUT2D eigenvalue weighted by Crippen LogP contribution is 2.40. The third-order valence-electron chi connectivity index (χ3n) is 6.05. The minimum absolute atomic E-state index is 0.0801. The number of ether oxygens (including phenoxy) is 1. The fourth-order valence-corrected chi connectivity index (χ4v) is 4.41. The van der Waals surface area contributed by atoms with Gasteiger partial charge in [-0.25, -0.2) is 15.0 Å². The normalized spacial score (nSPS) is 24.6. The van der Waals surface area contributed by atoms with Crippen LogP contribution in [0, 0.1) is 0 Å². The van der Waals surface area contributed by atoms with Crippen LogP contribution in [0.25, 0.3) is 11.3 Å². The van der Waals surface area contributed by atoms with E-state index >= 15 is 0 Å². The lowest BCUT2D eigenvalue weighted by atomic mass is 9.99. The van der Waals surface area contributed by atoms with Crippen LogP contribution in [0.5, 0.6) is 0 Å². The van der Waals surface area contributed by atoms with Crippen LogP contribution in [-0.2, 0) is 11.2 Å². The van der Waals surface area contributed by atoms with Crippen LogP contribution in [-0.4, -0.2) is 71.4 Å². The summed E-state index contributed by atoms with van der Waals surface area (Å²) in [5, 5.41) is 3.51. The first-order chi connectivity index (χ1) is 13.6. The second-order valence-corrected chi connectivity index (χ2v) is 7.93. The van der Waals surface area contributed by atoms with Gasteiger partial charge in [0.2, 0.25) is 11.9 Å². The molecule has 3 aliphatic rings. The lowest BCUT2D eigenvalue weighted by molar-refractivity contribution is 0.122. The smallest absolute Gasteiger partial charge is 0.228 e. The highest BCUT2D eigenvalue weighted by molar-refractivity contribution is 5.73. The van der Waals surface area contributed by atoms with Crippen LogP contribution >= 0.6 is 0 Å². The van der Waals surface area contributed by atoms with Crippen molar-refractivity contribution in [2.24, 2.45) is 0 Å². The summed E-state index contributed by atoms with van der Waals surface area (Å²) in [7, 11) is 0. The Labute approximate surface area is 164 Å². The van der Waals surface area contributed by atoms with Crippen LogP contribution < -0.4 is 20.9 Å². The molecule has 3 N–H and O–H groups in total. The molecule has 0 aliphatic carbocycles. The van der Waals surface area contributed by atoms with Crippen molar-refractivity contribution in [1.29, 1.82) is 0 Å². The summed E-state index contributed by atoms with van der Waals surface area (Å²) in [6.07, 6.45) is 5.56. The van der Waals surface area contributed by atoms with Gasteiger partial charge in [0.05, 0.1) is 24.4 Å². The lowest BCUT2D eigenvalue weighted by Crippen LogP contribution is -2.47. The number of nitrogens with zero attached hydrogens (tertiary/aromatic N) is 6. The van der Waals surface area contributed by atoms with Gasteiger partial charge in [0.25, 0.3) is 0 Å². The molecule has 0 amide bonds. The zero-order valence-electron chi connectivity index (χ0n) is 16.2. The van der Waals surface area contributed by atoms with Crippen molar-refractivity contribution in [1.82, 2.24) is 25.3 Å². The molecular formula is C19H26N8O. The first-order valence-corrected chi connectivity index (χ1v) is 9.94. The van der Waals surface area contributed by atoms with E-state index in [0.717, 1.165) is 68.6 Å². The van der Waals surface area contributed by atoms with Crippen LogP contribution in [0.4, 0.5) is 17.7 Å². The predicted octanol–water partition coefficient (Wildman–Crippen LogP) is 0.467. The molecule has 9 heteroatoms. The van der Waals surface area contributed by atoms with Gasteiger partial charge in [-0.05, 0) is 26.3 Å². The number of hydrogen-bond donors (Lipinski definition) is 2. The van der Waals surface area contributed by atoms with E-state index < -0.39 is 0 Å². The molecule has 1 atom stereocenters. The van der Waals surface area contributed by atoms with Gasteiger partial charge in [0, 0.05) is 49.7 Å². The maximum absolute atomic E-state index is 5.69. The summed E-state index contributed by atoms with van der Waals surface area (Å²) in [4.78, 5) is 23.0. The van der Waals surface area contributed by atoms with Gasteiger partial charge >= 0.3 is 0 Å². The lowest BCUT2D eigenvalue weighted by Gasteiger charge is -2.37. The second kappa shape index (κ2) is 6.82. The molecule has 148 valence electrons. The molecule has 0 bridgehead atoms. The second-order valence-electron chi connectivity index (χ2n) is 7.93. The number of morpholine rings is 1. The van der Waals surface area contributed by atoms with Gasteiger partial charge in [-0.3, -0.25) is 0 Å². The Morgan fingerprint density at radius 3 is 2.64 bits per heavy atom. The molecule has 0 spiro atoms. The van der Waals surface area contributed by atoms with Crippen molar-refractivity contribution in [3.05, 3.63) is 18.0 Å². The molecule has 0 unspecified atom stereocenters. The summed E-state index contributed by atoms with van der Waals surface area (Å²) in [5.41, 5.74) is 8.76. The maximum atomic E-state index is 5.69. The summed E-state index contributed by atoms with van der Waals surface area (Å²) >= 11 is 0. The van der Waals surface area contributed by atoms with Crippen molar-refractivity contribution >= 4 is 17.7 Å². The highest BCUT2D eigenvalue weighted by atomic mass is 16.5. The van der Waals surface area contributed by atoms with Gasteiger partial charge in [-0.1, -0.05) is 0 Å². The first-order valence-electron chi connectivity index (χ1n) is 9.94. The van der Waals surface area contributed by atoms with Crippen LogP contribution in [0.2, 0.25) is 0 Å². The third kappa shape index (κ3) is 2.94. The minimum atomic E-state index is 0.0801. The molecule has 5 heterocycles. The molecule has 3 aliphatic heterocycles. The number of nitrogen functional groups attached to an aromatic ring is 1. The average molecular weight is 382 g/mol. The summed E-state index contributed by atoms with van der Waals surface area (Å²) < 4.78 is 5.51. The Kier molecular flexibility index (Phi) is 4.28. The van der Waals surface area contributed by atoms with Gasteiger partial charge in [0.1, 0.15) is 5.82 Å².